The van der Waals surface area contributed by atoms with Crippen LogP contribution in [0, 0.1) is 16.0 Å². The summed E-state index contributed by atoms with van der Waals surface area (Å²) in [5.41, 5.74) is 6.61. The lowest BCUT2D eigenvalue weighted by Crippen LogP contribution is -2.42. The van der Waals surface area contributed by atoms with Crippen molar-refractivity contribution in [3.05, 3.63) is 69.9 Å². The van der Waals surface area contributed by atoms with E-state index in [0.717, 1.165) is 36.8 Å². The second kappa shape index (κ2) is 8.47. The molecule has 0 atom stereocenters. The van der Waals surface area contributed by atoms with E-state index in [1.807, 2.05) is 18.2 Å². The number of fused-ring (bicyclic) bond motifs is 1. The van der Waals surface area contributed by atoms with Crippen LogP contribution in [0.25, 0.3) is 10.9 Å². The third-order valence-electron chi connectivity index (χ3n) is 5.68. The molecule has 0 bridgehead atoms. The number of rotatable bonds is 4. The minimum absolute atomic E-state index is 0.156. The van der Waals surface area contributed by atoms with Crippen molar-refractivity contribution >= 4 is 34.1 Å². The predicted octanol–water partition coefficient (Wildman–Crippen LogP) is 3.39. The molecule has 1 aliphatic heterocycles. The van der Waals surface area contributed by atoms with Crippen molar-refractivity contribution in [2.24, 2.45) is 5.92 Å². The number of hydrogen-bond donors (Lipinski definition) is 3. The largest absolute Gasteiger partial charge is 0.371 e. The Morgan fingerprint density at radius 2 is 1.74 bits per heavy atom. The Morgan fingerprint density at radius 1 is 1.06 bits per heavy atom. The Hall–Kier alpha value is -3.88. The van der Waals surface area contributed by atoms with Gasteiger partial charge in [0.05, 0.1) is 21.7 Å². The minimum Gasteiger partial charge on any atom is -0.371 e. The quantitative estimate of drug-likeness (QED) is 0.441. The number of piperidine rings is 1. The zero-order valence-electron chi connectivity index (χ0n) is 17.1. The summed E-state index contributed by atoms with van der Waals surface area (Å²) in [6.45, 7) is 3.71. The van der Waals surface area contributed by atoms with Gasteiger partial charge < -0.3 is 9.88 Å². The predicted molar refractivity (Wildman–Crippen MR) is 117 cm³/mol. The lowest BCUT2D eigenvalue weighted by molar-refractivity contribution is -0.384. The van der Waals surface area contributed by atoms with Gasteiger partial charge in [0.2, 0.25) is 0 Å². The molecule has 2 aromatic carbocycles. The standard InChI is InChI=1S/C22H23N5O4/c1-14-8-10-26(11-9-14)20-7-6-15(27(30)31)12-17(20)21(28)24-25-22(29)18-13-23-19-5-3-2-4-16(18)19/h2-7,12-14,23H,8-11H2,1H3,(H,24,28)(H,25,29). The van der Waals surface area contributed by atoms with Crippen LogP contribution in [0.1, 0.15) is 40.5 Å². The van der Waals surface area contributed by atoms with Crippen molar-refractivity contribution in [1.29, 1.82) is 0 Å². The lowest BCUT2D eigenvalue weighted by atomic mass is 9.98. The summed E-state index contributed by atoms with van der Waals surface area (Å²) in [5.74, 6) is -0.489. The molecule has 0 radical (unpaired) electrons. The number of nitrogens with zero attached hydrogens (tertiary/aromatic N) is 2. The summed E-state index contributed by atoms with van der Waals surface area (Å²) in [5, 5.41) is 12.0. The number of carbonyl (C=O) groups excluding carboxylic acids is 2. The number of H-pyrrole nitrogens is 1. The van der Waals surface area contributed by atoms with E-state index in [1.165, 1.54) is 12.1 Å². The van der Waals surface area contributed by atoms with Crippen LogP contribution in [0.3, 0.4) is 0 Å². The van der Waals surface area contributed by atoms with Gasteiger partial charge in [-0.3, -0.25) is 30.6 Å². The number of nitrogens with one attached hydrogen (secondary N) is 3. The third kappa shape index (κ3) is 4.20. The smallest absolute Gasteiger partial charge is 0.272 e. The average Bonchev–Trinajstić information content (AvgIpc) is 3.21. The molecule has 9 heteroatoms. The van der Waals surface area contributed by atoms with Crippen molar-refractivity contribution in [3.63, 3.8) is 0 Å². The number of carbonyl (C=O) groups is 2. The molecule has 1 saturated heterocycles. The molecule has 31 heavy (non-hydrogen) atoms. The molecule has 0 aliphatic carbocycles. The summed E-state index contributed by atoms with van der Waals surface area (Å²) < 4.78 is 0. The highest BCUT2D eigenvalue weighted by atomic mass is 16.6. The maximum atomic E-state index is 12.9. The molecular weight excluding hydrogens is 398 g/mol. The van der Waals surface area contributed by atoms with Gasteiger partial charge in [0, 0.05) is 42.3 Å². The van der Waals surface area contributed by atoms with E-state index in [2.05, 4.69) is 27.7 Å². The molecule has 0 spiro atoms. The molecule has 160 valence electrons. The number of non-ortho nitro benzene ring substituents is 1. The van der Waals surface area contributed by atoms with E-state index in [-0.39, 0.29) is 11.3 Å². The molecule has 1 fully saturated rings. The van der Waals surface area contributed by atoms with Crippen LogP contribution < -0.4 is 15.8 Å². The zero-order chi connectivity index (χ0) is 22.0. The lowest BCUT2D eigenvalue weighted by Gasteiger charge is -2.33. The van der Waals surface area contributed by atoms with Crippen LogP contribution in [0.15, 0.2) is 48.7 Å². The Morgan fingerprint density at radius 3 is 2.45 bits per heavy atom. The van der Waals surface area contributed by atoms with Crippen molar-refractivity contribution in [2.45, 2.75) is 19.8 Å². The normalized spacial score (nSPS) is 14.4. The summed E-state index contributed by atoms with van der Waals surface area (Å²) in [6, 6.07) is 11.6. The minimum atomic E-state index is -0.606. The topological polar surface area (TPSA) is 120 Å². The second-order valence-electron chi connectivity index (χ2n) is 7.78. The first-order valence-corrected chi connectivity index (χ1v) is 10.1. The first-order chi connectivity index (χ1) is 14.9. The maximum absolute atomic E-state index is 12.9. The number of nitro benzene ring substituents is 1. The third-order valence-corrected chi connectivity index (χ3v) is 5.68. The number of aromatic nitrogens is 1. The molecule has 1 aliphatic rings. The van der Waals surface area contributed by atoms with Gasteiger partial charge in [0.15, 0.2) is 0 Å². The van der Waals surface area contributed by atoms with Gasteiger partial charge in [-0.05, 0) is 30.9 Å². The highest BCUT2D eigenvalue weighted by Crippen LogP contribution is 2.29. The summed E-state index contributed by atoms with van der Waals surface area (Å²) in [4.78, 5) is 41.3. The molecule has 2 heterocycles. The van der Waals surface area contributed by atoms with Gasteiger partial charge in [0.25, 0.3) is 17.5 Å². The molecule has 1 aromatic heterocycles. The number of anilines is 1. The van der Waals surface area contributed by atoms with Crippen LogP contribution >= 0.6 is 0 Å². The van der Waals surface area contributed by atoms with Gasteiger partial charge in [-0.25, -0.2) is 0 Å². The first-order valence-electron chi connectivity index (χ1n) is 10.1. The molecule has 0 saturated carbocycles. The number of hydrazine groups is 1. The van der Waals surface area contributed by atoms with Gasteiger partial charge in [-0.15, -0.1) is 0 Å². The van der Waals surface area contributed by atoms with E-state index in [9.17, 15) is 19.7 Å². The fourth-order valence-electron chi connectivity index (χ4n) is 3.85. The average molecular weight is 421 g/mol. The number of nitro groups is 1. The SMILES string of the molecule is CC1CCN(c2ccc([N+](=O)[O-])cc2C(=O)NNC(=O)c2c[nH]c3ccccc23)CC1. The monoisotopic (exact) mass is 421 g/mol. The Labute approximate surface area is 178 Å². The van der Waals surface area contributed by atoms with Gasteiger partial charge in [-0.2, -0.15) is 0 Å². The van der Waals surface area contributed by atoms with Crippen LogP contribution in [0.5, 0.6) is 0 Å². The number of amides is 2. The number of hydrogen-bond acceptors (Lipinski definition) is 5. The fourth-order valence-corrected chi connectivity index (χ4v) is 3.85. The molecule has 3 aromatic rings. The van der Waals surface area contributed by atoms with Gasteiger partial charge in [0.1, 0.15) is 0 Å². The van der Waals surface area contributed by atoms with Crippen molar-refractivity contribution in [3.8, 4) is 0 Å². The first kappa shape index (κ1) is 20.4. The van der Waals surface area contributed by atoms with E-state index in [0.29, 0.717) is 17.2 Å². The Kier molecular flexibility index (Phi) is 5.57. The van der Waals surface area contributed by atoms with E-state index in [4.69, 9.17) is 0 Å². The number of para-hydroxylation sites is 1. The van der Waals surface area contributed by atoms with Crippen molar-refractivity contribution in [1.82, 2.24) is 15.8 Å². The molecule has 9 nitrogen and oxygen atoms in total. The molecular formula is C22H23N5O4. The highest BCUT2D eigenvalue weighted by molar-refractivity contribution is 6.08. The fraction of sp³-hybridized carbons (Fsp3) is 0.273. The molecule has 0 unspecified atom stereocenters. The summed E-state index contributed by atoms with van der Waals surface area (Å²) >= 11 is 0. The second-order valence-corrected chi connectivity index (χ2v) is 7.78. The van der Waals surface area contributed by atoms with Crippen LogP contribution in [0.2, 0.25) is 0 Å². The zero-order valence-corrected chi connectivity index (χ0v) is 17.1. The number of benzene rings is 2. The maximum Gasteiger partial charge on any atom is 0.272 e. The highest BCUT2D eigenvalue weighted by Gasteiger charge is 2.24. The van der Waals surface area contributed by atoms with Gasteiger partial charge in [-0.1, -0.05) is 25.1 Å². The van der Waals surface area contributed by atoms with E-state index < -0.39 is 16.7 Å². The molecule has 3 N–H and O–H groups in total. The van der Waals surface area contributed by atoms with Gasteiger partial charge >= 0.3 is 0 Å². The van der Waals surface area contributed by atoms with Crippen molar-refractivity contribution < 1.29 is 14.5 Å². The molecule has 4 rings (SSSR count). The summed E-state index contributed by atoms with van der Waals surface area (Å²) in [6.07, 6.45) is 3.53. The van der Waals surface area contributed by atoms with Crippen LogP contribution in [-0.4, -0.2) is 34.8 Å². The van der Waals surface area contributed by atoms with Crippen LogP contribution in [0.4, 0.5) is 11.4 Å². The Bertz CT molecular complexity index is 1150. The van der Waals surface area contributed by atoms with Crippen LogP contribution in [-0.2, 0) is 0 Å². The molecule has 2 amide bonds. The van der Waals surface area contributed by atoms with E-state index >= 15 is 0 Å². The van der Waals surface area contributed by atoms with E-state index in [1.54, 1.807) is 18.3 Å². The summed E-state index contributed by atoms with van der Waals surface area (Å²) in [7, 11) is 0. The van der Waals surface area contributed by atoms with Crippen molar-refractivity contribution in [2.75, 3.05) is 18.0 Å². The Balaban J connectivity index is 1.54. The number of aromatic amines is 1.